The topological polar surface area (TPSA) is 46.6 Å². The van der Waals surface area contributed by atoms with Crippen LogP contribution in [0.15, 0.2) is 72.8 Å². The molecule has 2 aliphatic heterocycles. The number of rotatable bonds is 12. The molecule has 0 unspecified atom stereocenters. The van der Waals surface area contributed by atoms with Crippen molar-refractivity contribution in [2.75, 3.05) is 82.7 Å². The van der Waals surface area contributed by atoms with Crippen LogP contribution in [0.2, 0.25) is 0 Å². The third-order valence-corrected chi connectivity index (χ3v) is 7.42. The third-order valence-electron chi connectivity index (χ3n) is 7.42. The Morgan fingerprint density at radius 2 is 1.41 bits per heavy atom. The summed E-state index contributed by atoms with van der Waals surface area (Å²) in [6.07, 6.45) is 0. The first-order valence-corrected chi connectivity index (χ1v) is 14.0. The zero-order valence-corrected chi connectivity index (χ0v) is 23.1. The van der Waals surface area contributed by atoms with E-state index in [1.807, 2.05) is 6.07 Å². The van der Waals surface area contributed by atoms with E-state index in [2.05, 4.69) is 81.4 Å². The SMILES string of the molecule is COc1cccc(CN(Cc2ccc(N3CCOCC3)cc2)c2ccc(COCCN3CCOCC3)cc2)c1. The van der Waals surface area contributed by atoms with Crippen LogP contribution in [0.5, 0.6) is 5.75 Å². The number of morpholine rings is 2. The molecular weight excluding hydrogens is 490 g/mol. The van der Waals surface area contributed by atoms with Crippen molar-refractivity contribution in [3.05, 3.63) is 89.5 Å². The van der Waals surface area contributed by atoms with Crippen LogP contribution in [0.25, 0.3) is 0 Å². The van der Waals surface area contributed by atoms with Gasteiger partial charge in [-0.05, 0) is 53.1 Å². The second-order valence-corrected chi connectivity index (χ2v) is 10.1. The summed E-state index contributed by atoms with van der Waals surface area (Å²) in [4.78, 5) is 7.21. The molecule has 2 aliphatic rings. The molecule has 3 aromatic carbocycles. The summed E-state index contributed by atoms with van der Waals surface area (Å²) in [7, 11) is 1.72. The maximum Gasteiger partial charge on any atom is 0.119 e. The van der Waals surface area contributed by atoms with Crippen molar-refractivity contribution < 1.29 is 18.9 Å². The van der Waals surface area contributed by atoms with E-state index in [9.17, 15) is 0 Å². The molecule has 0 spiro atoms. The van der Waals surface area contributed by atoms with Gasteiger partial charge < -0.3 is 28.7 Å². The third kappa shape index (κ3) is 8.19. The summed E-state index contributed by atoms with van der Waals surface area (Å²) in [6.45, 7) is 11.1. The molecule has 7 nitrogen and oxygen atoms in total. The van der Waals surface area contributed by atoms with Gasteiger partial charge in [-0.15, -0.1) is 0 Å². The minimum atomic E-state index is 0.628. The number of benzene rings is 3. The minimum Gasteiger partial charge on any atom is -0.497 e. The first kappa shape index (κ1) is 27.5. The lowest BCUT2D eigenvalue weighted by atomic mass is 10.1. The van der Waals surface area contributed by atoms with Gasteiger partial charge in [0, 0.05) is 57.2 Å². The second-order valence-electron chi connectivity index (χ2n) is 10.1. The van der Waals surface area contributed by atoms with Gasteiger partial charge in [-0.1, -0.05) is 36.4 Å². The molecule has 0 atom stereocenters. The Labute approximate surface area is 232 Å². The molecule has 2 heterocycles. The standard InChI is InChI=1S/C32H41N3O4/c1-36-32-4-2-3-29(23-32)25-35(24-27-5-9-30(10-6-27)34-16-21-38-22-17-34)31-11-7-28(8-12-31)26-39-20-15-33-13-18-37-19-14-33/h2-12,23H,13-22,24-26H2,1H3. The summed E-state index contributed by atoms with van der Waals surface area (Å²) in [5.74, 6) is 0.881. The second kappa shape index (κ2) is 14.3. The van der Waals surface area contributed by atoms with Crippen molar-refractivity contribution in [3.63, 3.8) is 0 Å². The van der Waals surface area contributed by atoms with Crippen LogP contribution in [0, 0.1) is 0 Å². The fourth-order valence-corrected chi connectivity index (χ4v) is 5.10. The van der Waals surface area contributed by atoms with Gasteiger partial charge >= 0.3 is 0 Å². The molecule has 7 heteroatoms. The highest BCUT2D eigenvalue weighted by Gasteiger charge is 2.14. The van der Waals surface area contributed by atoms with E-state index >= 15 is 0 Å². The molecule has 208 valence electrons. The average Bonchev–Trinajstić information content (AvgIpc) is 3.01. The molecule has 2 saturated heterocycles. The van der Waals surface area contributed by atoms with Gasteiger partial charge in [-0.25, -0.2) is 0 Å². The lowest BCUT2D eigenvalue weighted by Crippen LogP contribution is -2.38. The largest absolute Gasteiger partial charge is 0.497 e. The fourth-order valence-electron chi connectivity index (χ4n) is 5.10. The van der Waals surface area contributed by atoms with E-state index < -0.39 is 0 Å². The normalized spacial score (nSPS) is 16.3. The van der Waals surface area contributed by atoms with Crippen molar-refractivity contribution in [2.45, 2.75) is 19.7 Å². The van der Waals surface area contributed by atoms with Gasteiger partial charge in [-0.3, -0.25) is 4.90 Å². The molecule has 0 amide bonds. The van der Waals surface area contributed by atoms with Gasteiger partial charge in [-0.2, -0.15) is 0 Å². The van der Waals surface area contributed by atoms with E-state index in [1.165, 1.54) is 28.1 Å². The highest BCUT2D eigenvalue weighted by molar-refractivity contribution is 5.51. The molecule has 3 aromatic rings. The van der Waals surface area contributed by atoms with Gasteiger partial charge in [0.1, 0.15) is 5.75 Å². The molecule has 0 radical (unpaired) electrons. The number of nitrogens with zero attached hydrogens (tertiary/aromatic N) is 3. The Balaban J connectivity index is 1.23. The zero-order valence-electron chi connectivity index (χ0n) is 23.1. The molecule has 5 rings (SSSR count). The Hall–Kier alpha value is -3.10. The van der Waals surface area contributed by atoms with E-state index in [1.54, 1.807) is 7.11 Å². The van der Waals surface area contributed by atoms with E-state index in [-0.39, 0.29) is 0 Å². The predicted molar refractivity (Wildman–Crippen MR) is 156 cm³/mol. The summed E-state index contributed by atoms with van der Waals surface area (Å²) < 4.78 is 22.4. The van der Waals surface area contributed by atoms with Gasteiger partial charge in [0.25, 0.3) is 0 Å². The van der Waals surface area contributed by atoms with Crippen molar-refractivity contribution in [1.29, 1.82) is 0 Å². The van der Waals surface area contributed by atoms with Crippen LogP contribution < -0.4 is 14.5 Å². The maximum atomic E-state index is 5.98. The van der Waals surface area contributed by atoms with E-state index in [4.69, 9.17) is 18.9 Å². The number of ether oxygens (including phenoxy) is 4. The van der Waals surface area contributed by atoms with Gasteiger partial charge in [0.05, 0.1) is 46.8 Å². The van der Waals surface area contributed by atoms with Crippen LogP contribution in [0.1, 0.15) is 16.7 Å². The van der Waals surface area contributed by atoms with Crippen LogP contribution in [-0.4, -0.2) is 77.8 Å². The molecule has 0 N–H and O–H groups in total. The number of hydrogen-bond acceptors (Lipinski definition) is 7. The average molecular weight is 532 g/mol. The van der Waals surface area contributed by atoms with Gasteiger partial charge in [0.2, 0.25) is 0 Å². The van der Waals surface area contributed by atoms with Gasteiger partial charge in [0.15, 0.2) is 0 Å². The zero-order chi connectivity index (χ0) is 26.7. The van der Waals surface area contributed by atoms with Crippen LogP contribution in [-0.2, 0) is 33.9 Å². The summed E-state index contributed by atoms with van der Waals surface area (Å²) in [6, 6.07) is 26.1. The summed E-state index contributed by atoms with van der Waals surface area (Å²) >= 11 is 0. The molecule has 2 fully saturated rings. The quantitative estimate of drug-likeness (QED) is 0.317. The molecule has 0 aliphatic carbocycles. The Morgan fingerprint density at radius 3 is 2.13 bits per heavy atom. The predicted octanol–water partition coefficient (Wildman–Crippen LogP) is 4.59. The number of methoxy groups -OCH3 is 1. The number of hydrogen-bond donors (Lipinski definition) is 0. The highest BCUT2D eigenvalue weighted by atomic mass is 16.5. The van der Waals surface area contributed by atoms with E-state index in [0.717, 1.165) is 84.6 Å². The first-order valence-electron chi connectivity index (χ1n) is 14.0. The Morgan fingerprint density at radius 1 is 0.744 bits per heavy atom. The van der Waals surface area contributed by atoms with Crippen molar-refractivity contribution in [2.24, 2.45) is 0 Å². The lowest BCUT2D eigenvalue weighted by molar-refractivity contribution is 0.0180. The smallest absolute Gasteiger partial charge is 0.119 e. The first-order chi connectivity index (χ1) is 19.3. The minimum absolute atomic E-state index is 0.628. The lowest BCUT2D eigenvalue weighted by Gasteiger charge is -2.29. The van der Waals surface area contributed by atoms with Crippen molar-refractivity contribution in [1.82, 2.24) is 4.90 Å². The highest BCUT2D eigenvalue weighted by Crippen LogP contribution is 2.24. The van der Waals surface area contributed by atoms with Crippen LogP contribution in [0.4, 0.5) is 11.4 Å². The van der Waals surface area contributed by atoms with Crippen molar-refractivity contribution >= 4 is 11.4 Å². The van der Waals surface area contributed by atoms with Crippen LogP contribution in [0.3, 0.4) is 0 Å². The molecule has 39 heavy (non-hydrogen) atoms. The number of anilines is 2. The van der Waals surface area contributed by atoms with E-state index in [0.29, 0.717) is 6.61 Å². The summed E-state index contributed by atoms with van der Waals surface area (Å²) in [5, 5.41) is 0. The van der Waals surface area contributed by atoms with Crippen molar-refractivity contribution in [3.8, 4) is 5.75 Å². The molecule has 0 bridgehead atoms. The monoisotopic (exact) mass is 531 g/mol. The fraction of sp³-hybridized carbons (Fsp3) is 0.438. The Kier molecular flexibility index (Phi) is 10.1. The molecular formula is C32H41N3O4. The molecule has 0 saturated carbocycles. The maximum absolute atomic E-state index is 5.98. The Bertz CT molecular complexity index is 1130. The van der Waals surface area contributed by atoms with Crippen LogP contribution >= 0.6 is 0 Å². The summed E-state index contributed by atoms with van der Waals surface area (Å²) in [5.41, 5.74) is 6.14. The molecule has 0 aromatic heterocycles.